The van der Waals surface area contributed by atoms with E-state index in [0.29, 0.717) is 0 Å². The molecule has 0 aliphatic rings. The fourth-order valence-corrected chi connectivity index (χ4v) is 5.84. The first-order valence-corrected chi connectivity index (χ1v) is 16.3. The number of anilines is 6. The zero-order valence-electron chi connectivity index (χ0n) is 27.3. The summed E-state index contributed by atoms with van der Waals surface area (Å²) in [5.41, 5.74) is 13.6. The van der Waals surface area contributed by atoms with E-state index >= 15 is 0 Å². The summed E-state index contributed by atoms with van der Waals surface area (Å²) >= 11 is 0. The molecule has 0 aliphatic carbocycles. The lowest BCUT2D eigenvalue weighted by atomic mass is 10.0. The van der Waals surface area contributed by atoms with Crippen molar-refractivity contribution in [2.24, 2.45) is 0 Å². The molecule has 2 heteroatoms. The first-order valence-electron chi connectivity index (χ1n) is 16.3. The van der Waals surface area contributed by atoms with Gasteiger partial charge in [0, 0.05) is 34.1 Å². The van der Waals surface area contributed by atoms with E-state index in [2.05, 4.69) is 182 Å². The lowest BCUT2D eigenvalue weighted by Gasteiger charge is -2.26. The van der Waals surface area contributed by atoms with E-state index in [1.807, 2.05) is 24.3 Å². The van der Waals surface area contributed by atoms with Crippen LogP contribution in [0.1, 0.15) is 33.4 Å². The van der Waals surface area contributed by atoms with Gasteiger partial charge in [-0.25, -0.2) is 0 Å². The fourth-order valence-electron chi connectivity index (χ4n) is 5.84. The standard InChI is InChI=1S/C46H40N2/c1-5-35-11-23-41(24-12-35)47(42-25-13-36(6-2)14-26-42)45-31-19-39(20-32-45)9-10-40-21-33-46(34-22-40)48(43-27-15-37(7-3)16-28-43)44-29-17-38(8-4)18-30-44/h5-8,11-34H,1-4,9-10H2. The average molecular weight is 621 g/mol. The molecule has 0 atom stereocenters. The topological polar surface area (TPSA) is 6.48 Å². The maximum Gasteiger partial charge on any atom is 0.0462 e. The highest BCUT2D eigenvalue weighted by Gasteiger charge is 2.14. The first-order chi connectivity index (χ1) is 23.6. The lowest BCUT2D eigenvalue weighted by molar-refractivity contribution is 0.959. The Morgan fingerprint density at radius 3 is 0.667 bits per heavy atom. The molecule has 6 aromatic carbocycles. The number of rotatable bonds is 13. The predicted octanol–water partition coefficient (Wildman–Crippen LogP) is 13.0. The van der Waals surface area contributed by atoms with Crippen LogP contribution in [-0.2, 0) is 12.8 Å². The Bertz CT molecular complexity index is 1730. The van der Waals surface area contributed by atoms with Crippen molar-refractivity contribution in [3.63, 3.8) is 0 Å². The van der Waals surface area contributed by atoms with Crippen LogP contribution in [0, 0.1) is 0 Å². The zero-order chi connectivity index (χ0) is 33.3. The lowest BCUT2D eigenvalue weighted by Crippen LogP contribution is -2.10. The van der Waals surface area contributed by atoms with Gasteiger partial charge >= 0.3 is 0 Å². The van der Waals surface area contributed by atoms with E-state index in [4.69, 9.17) is 0 Å². The third-order valence-corrected chi connectivity index (χ3v) is 8.64. The van der Waals surface area contributed by atoms with Crippen LogP contribution in [0.4, 0.5) is 34.1 Å². The minimum atomic E-state index is 0.956. The van der Waals surface area contributed by atoms with Crippen molar-refractivity contribution in [1.29, 1.82) is 0 Å². The SMILES string of the molecule is C=Cc1ccc(N(c2ccc(C=C)cc2)c2ccc(CCc3ccc(N(c4ccc(C=C)cc4)c4ccc(C=C)cc4)cc3)cc2)cc1. The van der Waals surface area contributed by atoms with Gasteiger partial charge in [-0.1, -0.05) is 123 Å². The molecule has 6 rings (SSSR count). The number of aryl methyl sites for hydroxylation is 2. The van der Waals surface area contributed by atoms with Crippen molar-refractivity contribution in [2.45, 2.75) is 12.8 Å². The molecule has 0 heterocycles. The molecule has 0 fully saturated rings. The third kappa shape index (κ3) is 7.30. The summed E-state index contributed by atoms with van der Waals surface area (Å²) in [5.74, 6) is 0. The van der Waals surface area contributed by atoms with Crippen molar-refractivity contribution >= 4 is 58.4 Å². The van der Waals surface area contributed by atoms with E-state index in [1.54, 1.807) is 0 Å². The highest BCUT2D eigenvalue weighted by molar-refractivity contribution is 5.79. The Morgan fingerprint density at radius 2 is 0.479 bits per heavy atom. The van der Waals surface area contributed by atoms with Crippen LogP contribution in [0.15, 0.2) is 172 Å². The van der Waals surface area contributed by atoms with Gasteiger partial charge in [0.1, 0.15) is 0 Å². The Morgan fingerprint density at radius 1 is 0.292 bits per heavy atom. The Balaban J connectivity index is 1.20. The van der Waals surface area contributed by atoms with Crippen LogP contribution in [0.5, 0.6) is 0 Å². The minimum absolute atomic E-state index is 0.956. The first kappa shape index (κ1) is 31.8. The number of hydrogen-bond acceptors (Lipinski definition) is 2. The van der Waals surface area contributed by atoms with Gasteiger partial charge in [-0.05, 0) is 119 Å². The molecule has 0 bridgehead atoms. The van der Waals surface area contributed by atoms with Crippen molar-refractivity contribution < 1.29 is 0 Å². The molecule has 0 aliphatic heterocycles. The van der Waals surface area contributed by atoms with E-state index in [1.165, 1.54) is 11.1 Å². The molecule has 0 saturated carbocycles. The van der Waals surface area contributed by atoms with Crippen molar-refractivity contribution in [3.05, 3.63) is 205 Å². The van der Waals surface area contributed by atoms with Crippen LogP contribution >= 0.6 is 0 Å². The smallest absolute Gasteiger partial charge is 0.0462 e. The predicted molar refractivity (Wildman–Crippen MR) is 210 cm³/mol. The number of hydrogen-bond donors (Lipinski definition) is 0. The van der Waals surface area contributed by atoms with Gasteiger partial charge in [0.25, 0.3) is 0 Å². The molecule has 6 aromatic rings. The van der Waals surface area contributed by atoms with Crippen LogP contribution in [0.25, 0.3) is 24.3 Å². The van der Waals surface area contributed by atoms with Crippen molar-refractivity contribution in [1.82, 2.24) is 0 Å². The summed E-state index contributed by atoms with van der Waals surface area (Å²) in [6.07, 6.45) is 9.39. The second kappa shape index (κ2) is 15.0. The van der Waals surface area contributed by atoms with E-state index in [9.17, 15) is 0 Å². The van der Waals surface area contributed by atoms with Gasteiger partial charge in [0.05, 0.1) is 0 Å². The second-order valence-electron chi connectivity index (χ2n) is 11.7. The zero-order valence-corrected chi connectivity index (χ0v) is 27.3. The maximum absolute atomic E-state index is 3.91. The number of benzene rings is 6. The Kier molecular flexibility index (Phi) is 9.94. The molecule has 0 N–H and O–H groups in total. The highest BCUT2D eigenvalue weighted by Crippen LogP contribution is 2.37. The average Bonchev–Trinajstić information content (AvgIpc) is 3.16. The van der Waals surface area contributed by atoms with E-state index < -0.39 is 0 Å². The van der Waals surface area contributed by atoms with Crippen LogP contribution < -0.4 is 9.80 Å². The summed E-state index contributed by atoms with van der Waals surface area (Å²) in [4.78, 5) is 4.56. The summed E-state index contributed by atoms with van der Waals surface area (Å²) in [7, 11) is 0. The fraction of sp³-hybridized carbons (Fsp3) is 0.0435. The van der Waals surface area contributed by atoms with Crippen LogP contribution in [0.3, 0.4) is 0 Å². The Hall–Kier alpha value is -6.12. The van der Waals surface area contributed by atoms with Gasteiger partial charge in [-0.15, -0.1) is 0 Å². The van der Waals surface area contributed by atoms with E-state index in [-0.39, 0.29) is 0 Å². The molecule has 2 nitrogen and oxygen atoms in total. The minimum Gasteiger partial charge on any atom is -0.311 e. The Labute approximate surface area is 285 Å². The molecule has 234 valence electrons. The van der Waals surface area contributed by atoms with Crippen molar-refractivity contribution in [2.75, 3.05) is 9.80 Å². The maximum atomic E-state index is 3.91. The third-order valence-electron chi connectivity index (χ3n) is 8.64. The molecule has 0 unspecified atom stereocenters. The molecule has 0 amide bonds. The normalized spacial score (nSPS) is 10.6. The molecule has 0 radical (unpaired) electrons. The van der Waals surface area contributed by atoms with Gasteiger partial charge < -0.3 is 9.80 Å². The molecule has 0 spiro atoms. The molecule has 0 aromatic heterocycles. The molecule has 48 heavy (non-hydrogen) atoms. The number of nitrogens with zero attached hydrogens (tertiary/aromatic N) is 2. The van der Waals surface area contributed by atoms with Crippen LogP contribution in [-0.4, -0.2) is 0 Å². The summed E-state index contributed by atoms with van der Waals surface area (Å²) in [6.45, 7) is 15.6. The van der Waals surface area contributed by atoms with Gasteiger partial charge in [-0.3, -0.25) is 0 Å². The van der Waals surface area contributed by atoms with E-state index in [0.717, 1.165) is 69.2 Å². The van der Waals surface area contributed by atoms with Gasteiger partial charge in [0.2, 0.25) is 0 Å². The van der Waals surface area contributed by atoms with Gasteiger partial charge in [-0.2, -0.15) is 0 Å². The molecular formula is C46H40N2. The largest absolute Gasteiger partial charge is 0.311 e. The highest BCUT2D eigenvalue weighted by atomic mass is 15.1. The van der Waals surface area contributed by atoms with Crippen LogP contribution in [0.2, 0.25) is 0 Å². The molecule has 0 saturated heterocycles. The quantitative estimate of drug-likeness (QED) is 0.127. The second-order valence-corrected chi connectivity index (χ2v) is 11.7. The summed E-state index contributed by atoms with van der Waals surface area (Å²) < 4.78 is 0. The van der Waals surface area contributed by atoms with Crippen molar-refractivity contribution in [3.8, 4) is 0 Å². The summed E-state index contributed by atoms with van der Waals surface area (Å²) in [5, 5.41) is 0. The van der Waals surface area contributed by atoms with Gasteiger partial charge in [0.15, 0.2) is 0 Å². The monoisotopic (exact) mass is 620 g/mol. The summed E-state index contributed by atoms with van der Waals surface area (Å²) in [6, 6.07) is 51.8. The molecular weight excluding hydrogens is 581 g/mol.